The molecule has 0 aliphatic rings. The molecule has 3 aromatic rings. The summed E-state index contributed by atoms with van der Waals surface area (Å²) < 4.78 is 1.57. The number of aromatic nitrogens is 2. The van der Waals surface area contributed by atoms with Gasteiger partial charge in [0, 0.05) is 5.39 Å². The molecule has 0 bridgehead atoms. The maximum absolute atomic E-state index is 11.3. The fourth-order valence-electron chi connectivity index (χ4n) is 2.16. The highest BCUT2D eigenvalue weighted by Crippen LogP contribution is 2.28. The van der Waals surface area contributed by atoms with Gasteiger partial charge in [0.1, 0.15) is 0 Å². The van der Waals surface area contributed by atoms with E-state index in [1.807, 2.05) is 31.2 Å². The fourth-order valence-corrected chi connectivity index (χ4v) is 2.41. The number of rotatable bonds is 2. The van der Waals surface area contributed by atoms with Crippen molar-refractivity contribution in [1.29, 1.82) is 0 Å². The van der Waals surface area contributed by atoms with Gasteiger partial charge in [0.2, 0.25) is 0 Å². The molecule has 1 heterocycles. The van der Waals surface area contributed by atoms with Crippen LogP contribution in [0.15, 0.2) is 42.5 Å². The number of halogens is 1. The van der Waals surface area contributed by atoms with Gasteiger partial charge in [-0.25, -0.2) is 9.48 Å². The van der Waals surface area contributed by atoms with Crippen LogP contribution in [0.3, 0.4) is 0 Å². The molecule has 0 amide bonds. The van der Waals surface area contributed by atoms with Crippen LogP contribution in [-0.2, 0) is 0 Å². The Morgan fingerprint density at radius 3 is 2.55 bits per heavy atom. The highest BCUT2D eigenvalue weighted by atomic mass is 35.5. The summed E-state index contributed by atoms with van der Waals surface area (Å²) in [6.07, 6.45) is 0. The number of carbonyl (C=O) groups is 1. The number of carboxylic acids is 1. The number of para-hydroxylation sites is 1. The Morgan fingerprint density at radius 1 is 1.20 bits per heavy atom. The topological polar surface area (TPSA) is 55.1 Å². The Balaban J connectivity index is 2.35. The van der Waals surface area contributed by atoms with Gasteiger partial charge >= 0.3 is 5.97 Å². The predicted molar refractivity (Wildman–Crippen MR) is 77.8 cm³/mol. The standard InChI is InChI=1S/C15H11ClN2O2/c1-9-5-7-10(8-6-9)18-14-11(3-2-4-12(14)16)13(17-18)15(19)20/h2-8H,1H3,(H,19,20). The summed E-state index contributed by atoms with van der Waals surface area (Å²) in [7, 11) is 0. The molecule has 1 N–H and O–H groups in total. The quantitative estimate of drug-likeness (QED) is 0.782. The zero-order valence-electron chi connectivity index (χ0n) is 10.7. The molecular weight excluding hydrogens is 276 g/mol. The van der Waals surface area contributed by atoms with Crippen molar-refractivity contribution < 1.29 is 9.90 Å². The molecule has 0 aliphatic heterocycles. The normalized spacial score (nSPS) is 10.9. The Bertz CT molecular complexity index is 807. The van der Waals surface area contributed by atoms with Crippen molar-refractivity contribution in [1.82, 2.24) is 9.78 Å². The number of benzene rings is 2. The number of hydrogen-bond donors (Lipinski definition) is 1. The van der Waals surface area contributed by atoms with Crippen LogP contribution in [-0.4, -0.2) is 20.9 Å². The van der Waals surface area contributed by atoms with E-state index in [9.17, 15) is 9.90 Å². The summed E-state index contributed by atoms with van der Waals surface area (Å²) in [4.78, 5) is 11.3. The van der Waals surface area contributed by atoms with E-state index in [1.165, 1.54) is 0 Å². The van der Waals surface area contributed by atoms with E-state index in [2.05, 4.69) is 5.10 Å². The molecule has 0 aliphatic carbocycles. The van der Waals surface area contributed by atoms with Crippen LogP contribution >= 0.6 is 11.6 Å². The van der Waals surface area contributed by atoms with E-state index in [0.29, 0.717) is 15.9 Å². The maximum atomic E-state index is 11.3. The first-order valence-electron chi connectivity index (χ1n) is 6.05. The second-order valence-electron chi connectivity index (χ2n) is 4.54. The molecule has 20 heavy (non-hydrogen) atoms. The molecule has 0 spiro atoms. The van der Waals surface area contributed by atoms with E-state index < -0.39 is 5.97 Å². The first-order chi connectivity index (χ1) is 9.58. The Morgan fingerprint density at radius 2 is 1.90 bits per heavy atom. The van der Waals surface area contributed by atoms with E-state index in [-0.39, 0.29) is 5.69 Å². The van der Waals surface area contributed by atoms with E-state index in [1.54, 1.807) is 22.9 Å². The fraction of sp³-hybridized carbons (Fsp3) is 0.0667. The van der Waals surface area contributed by atoms with Gasteiger partial charge in [-0.3, -0.25) is 0 Å². The number of aromatic carboxylic acids is 1. The molecule has 0 saturated carbocycles. The Kier molecular flexibility index (Phi) is 2.95. The second kappa shape index (κ2) is 4.65. The van der Waals surface area contributed by atoms with E-state index in [0.717, 1.165) is 11.3 Å². The summed E-state index contributed by atoms with van der Waals surface area (Å²) in [5.74, 6) is -1.07. The van der Waals surface area contributed by atoms with Gasteiger partial charge in [0.15, 0.2) is 5.69 Å². The van der Waals surface area contributed by atoms with Gasteiger partial charge in [-0.2, -0.15) is 5.10 Å². The summed E-state index contributed by atoms with van der Waals surface area (Å²) in [5, 5.41) is 14.4. The van der Waals surface area contributed by atoms with Gasteiger partial charge < -0.3 is 5.11 Å². The lowest BCUT2D eigenvalue weighted by Crippen LogP contribution is -2.01. The number of carboxylic acid groups (broad SMARTS) is 1. The largest absolute Gasteiger partial charge is 0.476 e. The molecule has 0 atom stereocenters. The average Bonchev–Trinajstić information content (AvgIpc) is 2.81. The van der Waals surface area contributed by atoms with Crippen molar-refractivity contribution in [3.05, 3.63) is 58.7 Å². The van der Waals surface area contributed by atoms with E-state index in [4.69, 9.17) is 11.6 Å². The van der Waals surface area contributed by atoms with Gasteiger partial charge in [-0.05, 0) is 25.1 Å². The number of nitrogens with zero attached hydrogens (tertiary/aromatic N) is 2. The van der Waals surface area contributed by atoms with Crippen molar-refractivity contribution in [2.45, 2.75) is 6.92 Å². The molecule has 0 fully saturated rings. The van der Waals surface area contributed by atoms with Crippen LogP contribution in [0.25, 0.3) is 16.6 Å². The lowest BCUT2D eigenvalue weighted by molar-refractivity contribution is 0.0692. The SMILES string of the molecule is Cc1ccc(-n2nc(C(=O)O)c3cccc(Cl)c32)cc1. The summed E-state index contributed by atoms with van der Waals surface area (Å²) in [6, 6.07) is 12.8. The first kappa shape index (κ1) is 12.7. The molecule has 2 aromatic carbocycles. The first-order valence-corrected chi connectivity index (χ1v) is 6.43. The molecule has 0 saturated heterocycles. The van der Waals surface area contributed by atoms with Crippen molar-refractivity contribution in [2.75, 3.05) is 0 Å². The molecule has 100 valence electrons. The molecule has 1 aromatic heterocycles. The molecule has 4 nitrogen and oxygen atoms in total. The highest BCUT2D eigenvalue weighted by molar-refractivity contribution is 6.35. The van der Waals surface area contributed by atoms with Crippen LogP contribution < -0.4 is 0 Å². The minimum Gasteiger partial charge on any atom is -0.476 e. The number of hydrogen-bond acceptors (Lipinski definition) is 2. The molecule has 3 rings (SSSR count). The summed E-state index contributed by atoms with van der Waals surface area (Å²) >= 11 is 6.21. The minimum absolute atomic E-state index is 0.00285. The van der Waals surface area contributed by atoms with Crippen molar-refractivity contribution in [3.8, 4) is 5.69 Å². The Hall–Kier alpha value is -2.33. The lowest BCUT2D eigenvalue weighted by Gasteiger charge is -2.04. The zero-order valence-corrected chi connectivity index (χ0v) is 11.4. The van der Waals surface area contributed by atoms with Crippen molar-refractivity contribution >= 4 is 28.5 Å². The predicted octanol–water partition coefficient (Wildman–Crippen LogP) is 3.69. The molecule has 0 radical (unpaired) electrons. The molecule has 0 unspecified atom stereocenters. The second-order valence-corrected chi connectivity index (χ2v) is 4.94. The summed E-state index contributed by atoms with van der Waals surface area (Å²) in [5.41, 5.74) is 2.51. The summed E-state index contributed by atoms with van der Waals surface area (Å²) in [6.45, 7) is 1.99. The van der Waals surface area contributed by atoms with E-state index >= 15 is 0 Å². The van der Waals surface area contributed by atoms with Crippen LogP contribution in [0.5, 0.6) is 0 Å². The van der Waals surface area contributed by atoms with Gasteiger partial charge in [-0.1, -0.05) is 41.4 Å². The van der Waals surface area contributed by atoms with Crippen LogP contribution in [0.4, 0.5) is 0 Å². The average molecular weight is 287 g/mol. The maximum Gasteiger partial charge on any atom is 0.357 e. The number of aryl methyl sites for hydroxylation is 1. The smallest absolute Gasteiger partial charge is 0.357 e. The highest BCUT2D eigenvalue weighted by Gasteiger charge is 2.18. The van der Waals surface area contributed by atoms with Crippen LogP contribution in [0.1, 0.15) is 16.1 Å². The number of fused-ring (bicyclic) bond motifs is 1. The molecule has 5 heteroatoms. The zero-order chi connectivity index (χ0) is 14.3. The van der Waals surface area contributed by atoms with Crippen LogP contribution in [0, 0.1) is 6.92 Å². The van der Waals surface area contributed by atoms with Crippen molar-refractivity contribution in [3.63, 3.8) is 0 Å². The van der Waals surface area contributed by atoms with Crippen molar-refractivity contribution in [2.24, 2.45) is 0 Å². The lowest BCUT2D eigenvalue weighted by atomic mass is 10.2. The van der Waals surface area contributed by atoms with Gasteiger partial charge in [0.25, 0.3) is 0 Å². The van der Waals surface area contributed by atoms with Gasteiger partial charge in [-0.15, -0.1) is 0 Å². The third-order valence-corrected chi connectivity index (χ3v) is 3.44. The van der Waals surface area contributed by atoms with Gasteiger partial charge in [0.05, 0.1) is 16.2 Å². The third kappa shape index (κ3) is 1.94. The van der Waals surface area contributed by atoms with Crippen LogP contribution in [0.2, 0.25) is 5.02 Å². The molecular formula is C15H11ClN2O2. The Labute approximate surface area is 120 Å². The minimum atomic E-state index is -1.07. The third-order valence-electron chi connectivity index (χ3n) is 3.13. The monoisotopic (exact) mass is 286 g/mol.